The molecule has 68 valence electrons. The van der Waals surface area contributed by atoms with E-state index in [9.17, 15) is 13.2 Å². The van der Waals surface area contributed by atoms with Gasteiger partial charge in [-0.1, -0.05) is 0 Å². The van der Waals surface area contributed by atoms with Crippen LogP contribution in [0.3, 0.4) is 0 Å². The molecule has 0 saturated carbocycles. The van der Waals surface area contributed by atoms with Crippen molar-refractivity contribution in [1.82, 2.24) is 0 Å². The second-order valence-corrected chi connectivity index (χ2v) is 2.15. The van der Waals surface area contributed by atoms with E-state index in [1.807, 2.05) is 0 Å². The molecular weight excluding hydrogens is 161 g/mol. The molecule has 0 aliphatic rings. The van der Waals surface area contributed by atoms with Crippen LogP contribution in [0.1, 0.15) is 13.8 Å². The number of alkyl halides is 3. The van der Waals surface area contributed by atoms with Crippen molar-refractivity contribution in [1.29, 1.82) is 0 Å². The first-order chi connectivity index (χ1) is 4.89. The van der Waals surface area contributed by atoms with Gasteiger partial charge < -0.3 is 9.84 Å². The predicted octanol–water partition coefficient (Wildman–Crippen LogP) is 1.33. The third-order valence-electron chi connectivity index (χ3n) is 1.21. The summed E-state index contributed by atoms with van der Waals surface area (Å²) in [7, 11) is 0. The summed E-state index contributed by atoms with van der Waals surface area (Å²) in [6.07, 6.45) is -8.17. The highest BCUT2D eigenvalue weighted by atomic mass is 19.4. The highest BCUT2D eigenvalue weighted by Gasteiger charge is 2.42. The smallest absolute Gasteiger partial charge is 0.381 e. The third kappa shape index (κ3) is 3.57. The quantitative estimate of drug-likeness (QED) is 0.696. The van der Waals surface area contributed by atoms with Gasteiger partial charge in [0.2, 0.25) is 0 Å². The van der Waals surface area contributed by atoms with E-state index >= 15 is 0 Å². The first kappa shape index (κ1) is 10.7. The van der Waals surface area contributed by atoms with Crippen molar-refractivity contribution in [2.45, 2.75) is 32.2 Å². The molecule has 0 saturated heterocycles. The minimum absolute atomic E-state index is 0.161. The molecule has 5 heteroatoms. The Labute approximate surface area is 63.0 Å². The van der Waals surface area contributed by atoms with E-state index in [0.29, 0.717) is 0 Å². The monoisotopic (exact) mass is 172 g/mol. The van der Waals surface area contributed by atoms with Crippen LogP contribution >= 0.6 is 0 Å². The SMILES string of the molecule is CCOC(C)C(O)C(F)(F)F. The molecule has 2 nitrogen and oxygen atoms in total. The Morgan fingerprint density at radius 2 is 1.91 bits per heavy atom. The van der Waals surface area contributed by atoms with Crippen molar-refractivity contribution >= 4 is 0 Å². The summed E-state index contributed by atoms with van der Waals surface area (Å²) >= 11 is 0. The molecule has 0 aromatic carbocycles. The van der Waals surface area contributed by atoms with Gasteiger partial charge >= 0.3 is 6.18 Å². The van der Waals surface area contributed by atoms with E-state index < -0.39 is 18.4 Å². The van der Waals surface area contributed by atoms with E-state index in [1.165, 1.54) is 6.92 Å². The lowest BCUT2D eigenvalue weighted by atomic mass is 10.2. The van der Waals surface area contributed by atoms with Crippen LogP contribution < -0.4 is 0 Å². The molecule has 0 aromatic rings. The fourth-order valence-electron chi connectivity index (χ4n) is 0.620. The Balaban J connectivity index is 3.91. The van der Waals surface area contributed by atoms with Crippen LogP contribution in [0.25, 0.3) is 0 Å². The summed E-state index contributed by atoms with van der Waals surface area (Å²) in [6.45, 7) is 2.91. The second kappa shape index (κ2) is 3.92. The minimum Gasteiger partial charge on any atom is -0.381 e. The van der Waals surface area contributed by atoms with Crippen molar-refractivity contribution < 1.29 is 23.0 Å². The van der Waals surface area contributed by atoms with Crippen LogP contribution in [0.4, 0.5) is 13.2 Å². The Morgan fingerprint density at radius 1 is 1.45 bits per heavy atom. The molecule has 0 heterocycles. The lowest BCUT2D eigenvalue weighted by molar-refractivity contribution is -0.233. The lowest BCUT2D eigenvalue weighted by Crippen LogP contribution is -2.39. The van der Waals surface area contributed by atoms with Gasteiger partial charge in [0.15, 0.2) is 6.10 Å². The predicted molar refractivity (Wildman–Crippen MR) is 33.1 cm³/mol. The molecule has 1 N–H and O–H groups in total. The number of hydrogen-bond acceptors (Lipinski definition) is 2. The maximum absolute atomic E-state index is 11.7. The van der Waals surface area contributed by atoms with Crippen molar-refractivity contribution in [2.75, 3.05) is 6.61 Å². The standard InChI is InChI=1S/C6H11F3O2/c1-3-11-4(2)5(10)6(7,8)9/h4-5,10H,3H2,1-2H3. The molecule has 2 unspecified atom stereocenters. The zero-order valence-corrected chi connectivity index (χ0v) is 6.35. The van der Waals surface area contributed by atoms with E-state index in [2.05, 4.69) is 4.74 Å². The van der Waals surface area contributed by atoms with Gasteiger partial charge in [-0.05, 0) is 13.8 Å². The number of hydrogen-bond donors (Lipinski definition) is 1. The second-order valence-electron chi connectivity index (χ2n) is 2.15. The fraction of sp³-hybridized carbons (Fsp3) is 1.00. The van der Waals surface area contributed by atoms with Crippen LogP contribution in [-0.2, 0) is 4.74 Å². The van der Waals surface area contributed by atoms with Gasteiger partial charge in [0, 0.05) is 6.61 Å². The van der Waals surface area contributed by atoms with E-state index in [1.54, 1.807) is 6.92 Å². The molecule has 0 amide bonds. The molecule has 0 bridgehead atoms. The highest BCUT2D eigenvalue weighted by Crippen LogP contribution is 2.23. The molecule has 0 fully saturated rings. The average Bonchev–Trinajstić information content (AvgIpc) is 1.85. The molecular formula is C6H11F3O2. The van der Waals surface area contributed by atoms with Crippen molar-refractivity contribution in [3.05, 3.63) is 0 Å². The molecule has 0 spiro atoms. The Kier molecular flexibility index (Phi) is 3.82. The zero-order chi connectivity index (χ0) is 9.07. The maximum Gasteiger partial charge on any atom is 0.416 e. The molecule has 2 atom stereocenters. The minimum atomic E-state index is -4.59. The summed E-state index contributed by atoms with van der Waals surface area (Å²) in [5, 5.41) is 8.54. The molecule has 0 aromatic heterocycles. The summed E-state index contributed by atoms with van der Waals surface area (Å²) in [5.41, 5.74) is 0. The highest BCUT2D eigenvalue weighted by molar-refractivity contribution is 4.71. The Bertz CT molecular complexity index is 113. The van der Waals surface area contributed by atoms with Crippen molar-refractivity contribution in [3.63, 3.8) is 0 Å². The van der Waals surface area contributed by atoms with Gasteiger partial charge in [0.05, 0.1) is 6.10 Å². The first-order valence-corrected chi connectivity index (χ1v) is 3.26. The van der Waals surface area contributed by atoms with E-state index in [4.69, 9.17) is 5.11 Å². The van der Waals surface area contributed by atoms with Gasteiger partial charge in [-0.25, -0.2) is 0 Å². The summed E-state index contributed by atoms with van der Waals surface area (Å²) < 4.78 is 39.6. The largest absolute Gasteiger partial charge is 0.416 e. The Hall–Kier alpha value is -0.290. The van der Waals surface area contributed by atoms with Crippen molar-refractivity contribution in [2.24, 2.45) is 0 Å². The number of aliphatic hydroxyl groups is 1. The van der Waals surface area contributed by atoms with Gasteiger partial charge in [0.1, 0.15) is 0 Å². The van der Waals surface area contributed by atoms with Gasteiger partial charge in [0.25, 0.3) is 0 Å². The molecule has 0 rings (SSSR count). The topological polar surface area (TPSA) is 29.5 Å². The number of ether oxygens (including phenoxy) is 1. The van der Waals surface area contributed by atoms with Crippen molar-refractivity contribution in [3.8, 4) is 0 Å². The van der Waals surface area contributed by atoms with Gasteiger partial charge in [-0.3, -0.25) is 0 Å². The summed E-state index contributed by atoms with van der Waals surface area (Å²) in [5.74, 6) is 0. The van der Waals surface area contributed by atoms with E-state index in [-0.39, 0.29) is 6.61 Å². The third-order valence-corrected chi connectivity index (χ3v) is 1.21. The molecule has 0 radical (unpaired) electrons. The van der Waals surface area contributed by atoms with Crippen LogP contribution in [0.2, 0.25) is 0 Å². The Morgan fingerprint density at radius 3 is 2.18 bits per heavy atom. The number of rotatable bonds is 3. The first-order valence-electron chi connectivity index (χ1n) is 3.26. The van der Waals surface area contributed by atoms with Gasteiger partial charge in [-0.2, -0.15) is 13.2 Å². The van der Waals surface area contributed by atoms with Crippen LogP contribution in [0.15, 0.2) is 0 Å². The maximum atomic E-state index is 11.7. The van der Waals surface area contributed by atoms with E-state index in [0.717, 1.165) is 0 Å². The average molecular weight is 172 g/mol. The fourth-order valence-corrected chi connectivity index (χ4v) is 0.620. The van der Waals surface area contributed by atoms with Crippen LogP contribution in [-0.4, -0.2) is 30.1 Å². The molecule has 0 aliphatic heterocycles. The summed E-state index contributed by atoms with van der Waals surface area (Å²) in [4.78, 5) is 0. The van der Waals surface area contributed by atoms with Crippen LogP contribution in [0, 0.1) is 0 Å². The normalized spacial score (nSPS) is 18.0. The zero-order valence-electron chi connectivity index (χ0n) is 6.35. The number of aliphatic hydroxyl groups excluding tert-OH is 1. The summed E-state index contributed by atoms with van der Waals surface area (Å²) in [6, 6.07) is 0. The lowest BCUT2D eigenvalue weighted by Gasteiger charge is -2.20. The number of halogens is 3. The van der Waals surface area contributed by atoms with Gasteiger partial charge in [-0.15, -0.1) is 0 Å². The van der Waals surface area contributed by atoms with Crippen LogP contribution in [0.5, 0.6) is 0 Å². The molecule has 11 heavy (non-hydrogen) atoms. The molecule has 0 aliphatic carbocycles.